The molecule has 23 heavy (non-hydrogen) atoms. The average Bonchev–Trinajstić information content (AvgIpc) is 2.86. The summed E-state index contributed by atoms with van der Waals surface area (Å²) < 4.78 is 0. The lowest BCUT2D eigenvalue weighted by Gasteiger charge is -2.37. The quantitative estimate of drug-likeness (QED) is 0.909. The number of nitrogens with zero attached hydrogens (tertiary/aromatic N) is 2. The smallest absolute Gasteiger partial charge is 0.254 e. The van der Waals surface area contributed by atoms with Gasteiger partial charge in [-0.25, -0.2) is 0 Å². The minimum absolute atomic E-state index is 0.0266. The lowest BCUT2D eigenvalue weighted by Crippen LogP contribution is -2.54. The zero-order valence-corrected chi connectivity index (χ0v) is 14.5. The van der Waals surface area contributed by atoms with Crippen molar-refractivity contribution in [2.45, 2.75) is 38.2 Å². The summed E-state index contributed by atoms with van der Waals surface area (Å²) in [4.78, 5) is 17.0. The van der Waals surface area contributed by atoms with Crippen LogP contribution in [0.1, 0.15) is 38.2 Å². The number of hydrogen-bond acceptors (Lipinski definition) is 3. The number of benzene rings is 1. The summed E-state index contributed by atoms with van der Waals surface area (Å²) in [5.74, 6) is 0.250. The fourth-order valence-electron chi connectivity index (χ4n) is 4.03. The molecule has 0 spiro atoms. The van der Waals surface area contributed by atoms with Gasteiger partial charge in [-0.3, -0.25) is 4.79 Å². The zero-order valence-electron chi connectivity index (χ0n) is 14.5. The molecule has 1 aromatic rings. The van der Waals surface area contributed by atoms with Gasteiger partial charge in [-0.15, -0.1) is 0 Å². The van der Waals surface area contributed by atoms with Gasteiger partial charge in [0.05, 0.1) is 0 Å². The van der Waals surface area contributed by atoms with Gasteiger partial charge in [0.25, 0.3) is 5.91 Å². The molecule has 126 valence electrons. The van der Waals surface area contributed by atoms with E-state index in [4.69, 9.17) is 0 Å². The molecule has 1 N–H and O–H groups in total. The van der Waals surface area contributed by atoms with Gasteiger partial charge >= 0.3 is 0 Å². The molecule has 2 heterocycles. The molecule has 0 bridgehead atoms. The third-order valence-corrected chi connectivity index (χ3v) is 5.65. The van der Waals surface area contributed by atoms with Crippen LogP contribution in [0.2, 0.25) is 0 Å². The van der Waals surface area contributed by atoms with Crippen LogP contribution in [0, 0.1) is 5.41 Å². The molecule has 1 atom stereocenters. The first-order chi connectivity index (χ1) is 10.8. The summed E-state index contributed by atoms with van der Waals surface area (Å²) in [6, 6.07) is 10.4. The summed E-state index contributed by atoms with van der Waals surface area (Å²) in [6.07, 6.45) is 1.07. The van der Waals surface area contributed by atoms with Crippen LogP contribution in [0.3, 0.4) is 0 Å². The van der Waals surface area contributed by atoms with E-state index in [0.29, 0.717) is 31.8 Å². The maximum atomic E-state index is 13.0. The van der Waals surface area contributed by atoms with Gasteiger partial charge in [0.1, 0.15) is 5.60 Å². The Morgan fingerprint density at radius 3 is 2.39 bits per heavy atom. The first-order valence-electron chi connectivity index (χ1n) is 8.57. The number of carbonyl (C=O) groups excluding carboxylic acids is 1. The molecular weight excluding hydrogens is 288 g/mol. The van der Waals surface area contributed by atoms with Crippen LogP contribution in [0.15, 0.2) is 30.3 Å². The Bertz CT molecular complexity index is 562. The molecule has 2 fully saturated rings. The summed E-state index contributed by atoms with van der Waals surface area (Å²) in [5, 5.41) is 10.8. The highest BCUT2D eigenvalue weighted by molar-refractivity contribution is 5.85. The number of likely N-dealkylation sites (tertiary alicyclic amines) is 2. The Kier molecular flexibility index (Phi) is 4.23. The number of hydrogen-bond donors (Lipinski definition) is 1. The van der Waals surface area contributed by atoms with Gasteiger partial charge in [-0.05, 0) is 30.9 Å². The van der Waals surface area contributed by atoms with Gasteiger partial charge in [-0.1, -0.05) is 44.2 Å². The Morgan fingerprint density at radius 1 is 1.17 bits per heavy atom. The Hall–Kier alpha value is -1.39. The van der Waals surface area contributed by atoms with Crippen LogP contribution in [-0.4, -0.2) is 59.6 Å². The van der Waals surface area contributed by atoms with Gasteiger partial charge in [0, 0.05) is 32.1 Å². The number of aliphatic hydroxyl groups is 1. The molecule has 4 nitrogen and oxygen atoms in total. The minimum Gasteiger partial charge on any atom is -0.380 e. The fourth-order valence-corrected chi connectivity index (χ4v) is 4.03. The number of carbonyl (C=O) groups is 1. The highest BCUT2D eigenvalue weighted by Gasteiger charge is 2.48. The SMILES string of the molecule is CN1CCC(O)(C(=O)N2C[C@H](c3ccccc3)C(C)(C)C2)CC1. The highest BCUT2D eigenvalue weighted by atomic mass is 16.3. The Balaban J connectivity index is 1.76. The van der Waals surface area contributed by atoms with Crippen molar-refractivity contribution in [2.75, 3.05) is 33.2 Å². The average molecular weight is 316 g/mol. The molecule has 1 aromatic carbocycles. The number of piperidine rings is 1. The van der Waals surface area contributed by atoms with Gasteiger partial charge in [0.2, 0.25) is 0 Å². The van der Waals surface area contributed by atoms with Crippen LogP contribution in [0.5, 0.6) is 0 Å². The van der Waals surface area contributed by atoms with Crippen molar-refractivity contribution in [1.82, 2.24) is 9.80 Å². The molecule has 2 aliphatic heterocycles. The predicted octanol–water partition coefficient (Wildman–Crippen LogP) is 2.10. The lowest BCUT2D eigenvalue weighted by molar-refractivity contribution is -0.155. The monoisotopic (exact) mass is 316 g/mol. The summed E-state index contributed by atoms with van der Waals surface area (Å²) >= 11 is 0. The van der Waals surface area contributed by atoms with Crippen LogP contribution in [-0.2, 0) is 4.79 Å². The van der Waals surface area contributed by atoms with Crippen LogP contribution < -0.4 is 0 Å². The van der Waals surface area contributed by atoms with Crippen molar-refractivity contribution in [3.63, 3.8) is 0 Å². The van der Waals surface area contributed by atoms with Crippen molar-refractivity contribution in [1.29, 1.82) is 0 Å². The Morgan fingerprint density at radius 2 is 1.78 bits per heavy atom. The molecule has 1 amide bonds. The number of rotatable bonds is 2. The third-order valence-electron chi connectivity index (χ3n) is 5.65. The maximum Gasteiger partial charge on any atom is 0.254 e. The van der Waals surface area contributed by atoms with Crippen molar-refractivity contribution in [3.05, 3.63) is 35.9 Å². The van der Waals surface area contributed by atoms with Crippen molar-refractivity contribution in [3.8, 4) is 0 Å². The van der Waals surface area contributed by atoms with Crippen LogP contribution in [0.4, 0.5) is 0 Å². The van der Waals surface area contributed by atoms with Crippen molar-refractivity contribution < 1.29 is 9.90 Å². The van der Waals surface area contributed by atoms with E-state index in [1.165, 1.54) is 5.56 Å². The second kappa shape index (κ2) is 5.91. The topological polar surface area (TPSA) is 43.8 Å². The van der Waals surface area contributed by atoms with E-state index in [1.807, 2.05) is 18.0 Å². The van der Waals surface area contributed by atoms with Crippen LogP contribution in [0.25, 0.3) is 0 Å². The molecule has 2 aliphatic rings. The number of amides is 1. The van der Waals surface area contributed by atoms with Gasteiger partial charge in [-0.2, -0.15) is 0 Å². The summed E-state index contributed by atoms with van der Waals surface area (Å²) in [7, 11) is 2.04. The van der Waals surface area contributed by atoms with Gasteiger partial charge in [0.15, 0.2) is 0 Å². The van der Waals surface area contributed by atoms with E-state index in [1.54, 1.807) is 0 Å². The van der Waals surface area contributed by atoms with E-state index in [2.05, 4.69) is 43.0 Å². The maximum absolute atomic E-state index is 13.0. The Labute approximate surface area is 139 Å². The molecule has 0 aliphatic carbocycles. The molecule has 0 aromatic heterocycles. The molecule has 4 heteroatoms. The molecule has 0 radical (unpaired) electrons. The largest absolute Gasteiger partial charge is 0.380 e. The van der Waals surface area contributed by atoms with E-state index in [-0.39, 0.29) is 11.3 Å². The predicted molar refractivity (Wildman–Crippen MR) is 91.2 cm³/mol. The summed E-state index contributed by atoms with van der Waals surface area (Å²) in [5.41, 5.74) is 0.135. The zero-order chi connectivity index (χ0) is 16.7. The van der Waals surface area contributed by atoms with E-state index in [9.17, 15) is 9.90 Å². The van der Waals surface area contributed by atoms with E-state index >= 15 is 0 Å². The molecule has 0 unspecified atom stereocenters. The highest BCUT2D eigenvalue weighted by Crippen LogP contribution is 2.43. The van der Waals surface area contributed by atoms with Crippen LogP contribution >= 0.6 is 0 Å². The second-order valence-corrected chi connectivity index (χ2v) is 7.97. The third kappa shape index (κ3) is 3.15. The molecule has 2 saturated heterocycles. The molecule has 0 saturated carbocycles. The molecular formula is C19H28N2O2. The lowest BCUT2D eigenvalue weighted by atomic mass is 9.78. The molecule has 3 rings (SSSR count). The van der Waals surface area contributed by atoms with Gasteiger partial charge < -0.3 is 14.9 Å². The normalized spacial score (nSPS) is 27.1. The first kappa shape index (κ1) is 16.5. The summed E-state index contributed by atoms with van der Waals surface area (Å²) in [6.45, 7) is 7.41. The van der Waals surface area contributed by atoms with Crippen molar-refractivity contribution >= 4 is 5.91 Å². The second-order valence-electron chi connectivity index (χ2n) is 7.97. The van der Waals surface area contributed by atoms with Crippen molar-refractivity contribution in [2.24, 2.45) is 5.41 Å². The van der Waals surface area contributed by atoms with E-state index < -0.39 is 5.60 Å². The first-order valence-corrected chi connectivity index (χ1v) is 8.57. The standard InChI is InChI=1S/C19H28N2O2/c1-18(2)14-21(13-16(18)15-7-5-4-6-8-15)17(22)19(23)9-11-20(3)12-10-19/h4-8,16,23H,9-14H2,1-3H3/t16-/m1/s1. The fraction of sp³-hybridized carbons (Fsp3) is 0.632. The van der Waals surface area contributed by atoms with E-state index in [0.717, 1.165) is 13.1 Å². The minimum atomic E-state index is -1.17.